The maximum atomic E-state index is 6.40. The van der Waals surface area contributed by atoms with E-state index in [0.717, 1.165) is 27.3 Å². The van der Waals surface area contributed by atoms with Crippen LogP contribution in [0.15, 0.2) is 79.1 Å². The normalized spacial score (nSPS) is 10.8. The second-order valence-electron chi connectivity index (χ2n) is 7.31. The molecular formula is C25H23ClN4O. The Hall–Kier alpha value is -3.57. The zero-order valence-electron chi connectivity index (χ0n) is 17.3. The lowest BCUT2D eigenvalue weighted by Crippen LogP contribution is -2.15. The van der Waals surface area contributed by atoms with Crippen LogP contribution in [0.3, 0.4) is 0 Å². The summed E-state index contributed by atoms with van der Waals surface area (Å²) in [6.45, 7) is 3.87. The molecule has 3 aromatic carbocycles. The summed E-state index contributed by atoms with van der Waals surface area (Å²) >= 11 is 6.27. The van der Waals surface area contributed by atoms with Crippen LogP contribution in [0.5, 0.6) is 11.6 Å². The number of rotatable bonds is 6. The van der Waals surface area contributed by atoms with Crippen molar-refractivity contribution in [2.45, 2.75) is 19.9 Å². The van der Waals surface area contributed by atoms with Crippen molar-refractivity contribution in [2.24, 2.45) is 0 Å². The van der Waals surface area contributed by atoms with Gasteiger partial charge in [0.25, 0.3) is 0 Å². The van der Waals surface area contributed by atoms with Crippen LogP contribution in [0.4, 0.5) is 11.5 Å². The highest BCUT2D eigenvalue weighted by molar-refractivity contribution is 6.32. The third-order valence-electron chi connectivity index (χ3n) is 5.02. The molecule has 1 aromatic heterocycles. The molecule has 0 aliphatic rings. The van der Waals surface area contributed by atoms with Crippen LogP contribution in [0, 0.1) is 13.8 Å². The number of anilines is 2. The molecule has 5 nitrogen and oxygen atoms in total. The molecular weight excluding hydrogens is 408 g/mol. The first-order chi connectivity index (χ1) is 15.0. The minimum absolute atomic E-state index is 0.132. The van der Waals surface area contributed by atoms with E-state index in [4.69, 9.17) is 22.1 Å². The van der Waals surface area contributed by atoms with E-state index in [0.29, 0.717) is 23.1 Å². The molecule has 0 saturated carbocycles. The highest BCUT2D eigenvalue weighted by atomic mass is 35.5. The molecule has 0 bridgehead atoms. The lowest BCUT2D eigenvalue weighted by atomic mass is 9.99. The van der Waals surface area contributed by atoms with Gasteiger partial charge in [-0.1, -0.05) is 72.3 Å². The van der Waals surface area contributed by atoms with Gasteiger partial charge in [-0.2, -0.15) is 4.98 Å². The number of halogens is 1. The van der Waals surface area contributed by atoms with Crippen LogP contribution in [0.1, 0.15) is 28.3 Å². The molecule has 0 radical (unpaired) electrons. The van der Waals surface area contributed by atoms with E-state index in [1.807, 2.05) is 62.4 Å². The van der Waals surface area contributed by atoms with Gasteiger partial charge in [0.05, 0.1) is 6.04 Å². The SMILES string of the molecule is Cc1cc(Oc2ncnc(NC(c3ccccc3)c3ccccc3)c2N)cc(C)c1Cl. The van der Waals surface area contributed by atoms with Gasteiger partial charge in [0.1, 0.15) is 17.8 Å². The first-order valence-electron chi connectivity index (χ1n) is 9.94. The molecule has 31 heavy (non-hydrogen) atoms. The van der Waals surface area contributed by atoms with Crippen LogP contribution in [0.25, 0.3) is 0 Å². The number of aryl methyl sites for hydroxylation is 2. The van der Waals surface area contributed by atoms with E-state index >= 15 is 0 Å². The monoisotopic (exact) mass is 430 g/mol. The molecule has 0 atom stereocenters. The van der Waals surface area contributed by atoms with Gasteiger partial charge in [0, 0.05) is 5.02 Å². The van der Waals surface area contributed by atoms with Gasteiger partial charge < -0.3 is 15.8 Å². The predicted octanol–water partition coefficient (Wildman–Crippen LogP) is 6.32. The van der Waals surface area contributed by atoms with Crippen LogP contribution >= 0.6 is 11.6 Å². The minimum Gasteiger partial charge on any atom is -0.437 e. The predicted molar refractivity (Wildman–Crippen MR) is 126 cm³/mol. The molecule has 0 amide bonds. The standard InChI is InChI=1S/C25H23ClN4O/c1-16-13-20(14-17(2)21(16)26)31-25-22(27)24(28-15-29-25)30-23(18-9-5-3-6-10-18)19-11-7-4-8-12-19/h3-15,23H,27H2,1-2H3,(H,28,29,30). The molecule has 0 aliphatic carbocycles. The lowest BCUT2D eigenvalue weighted by molar-refractivity contribution is 0.463. The van der Waals surface area contributed by atoms with Crippen molar-refractivity contribution in [3.8, 4) is 11.6 Å². The Balaban J connectivity index is 1.67. The van der Waals surface area contributed by atoms with Crippen molar-refractivity contribution in [3.05, 3.63) is 106 Å². The number of aromatic nitrogens is 2. The third kappa shape index (κ3) is 4.62. The van der Waals surface area contributed by atoms with Gasteiger partial charge in [-0.3, -0.25) is 0 Å². The zero-order valence-corrected chi connectivity index (χ0v) is 18.1. The molecule has 4 rings (SSSR count). The summed E-state index contributed by atoms with van der Waals surface area (Å²) in [6.07, 6.45) is 1.44. The first-order valence-corrected chi connectivity index (χ1v) is 10.3. The first kappa shape index (κ1) is 20.7. The molecule has 3 N–H and O–H groups in total. The highest BCUT2D eigenvalue weighted by Gasteiger charge is 2.18. The van der Waals surface area contributed by atoms with Gasteiger partial charge in [0.15, 0.2) is 5.82 Å². The average Bonchev–Trinajstić information content (AvgIpc) is 2.79. The lowest BCUT2D eigenvalue weighted by Gasteiger charge is -2.21. The molecule has 4 aromatic rings. The van der Waals surface area contributed by atoms with E-state index in [2.05, 4.69) is 39.6 Å². The summed E-state index contributed by atoms with van der Waals surface area (Å²) < 4.78 is 5.98. The molecule has 1 heterocycles. The fraction of sp³-hybridized carbons (Fsp3) is 0.120. The van der Waals surface area contributed by atoms with E-state index < -0.39 is 0 Å². The van der Waals surface area contributed by atoms with Crippen molar-refractivity contribution >= 4 is 23.1 Å². The minimum atomic E-state index is -0.132. The summed E-state index contributed by atoms with van der Waals surface area (Å²) in [6, 6.07) is 23.9. The molecule has 0 unspecified atom stereocenters. The van der Waals surface area contributed by atoms with Gasteiger partial charge in [0.2, 0.25) is 5.88 Å². The smallest absolute Gasteiger partial charge is 0.248 e. The highest BCUT2D eigenvalue weighted by Crippen LogP contribution is 2.35. The average molecular weight is 431 g/mol. The van der Waals surface area contributed by atoms with Crippen molar-refractivity contribution in [1.82, 2.24) is 9.97 Å². The van der Waals surface area contributed by atoms with E-state index in [1.54, 1.807) is 0 Å². The molecule has 156 valence electrons. The number of nitrogens with two attached hydrogens (primary N) is 1. The molecule has 0 spiro atoms. The second-order valence-corrected chi connectivity index (χ2v) is 7.69. The topological polar surface area (TPSA) is 73.1 Å². The number of benzene rings is 3. The van der Waals surface area contributed by atoms with Gasteiger partial charge in [-0.05, 0) is 48.2 Å². The van der Waals surface area contributed by atoms with Crippen LogP contribution < -0.4 is 15.8 Å². The van der Waals surface area contributed by atoms with Crippen molar-refractivity contribution in [3.63, 3.8) is 0 Å². The summed E-state index contributed by atoms with van der Waals surface area (Å²) in [5.41, 5.74) is 10.8. The Bertz CT molecular complexity index is 1120. The maximum Gasteiger partial charge on any atom is 0.248 e. The number of nitrogen functional groups attached to an aromatic ring is 1. The fourth-order valence-electron chi connectivity index (χ4n) is 3.44. The fourth-order valence-corrected chi connectivity index (χ4v) is 3.55. The van der Waals surface area contributed by atoms with Gasteiger partial charge in [-0.15, -0.1) is 0 Å². The van der Waals surface area contributed by atoms with Crippen molar-refractivity contribution < 1.29 is 4.74 Å². The zero-order chi connectivity index (χ0) is 21.8. The molecule has 0 aliphatic heterocycles. The number of nitrogens with zero attached hydrogens (tertiary/aromatic N) is 2. The molecule has 6 heteroatoms. The van der Waals surface area contributed by atoms with Crippen LogP contribution in [-0.4, -0.2) is 9.97 Å². The summed E-state index contributed by atoms with van der Waals surface area (Å²) in [7, 11) is 0. The van der Waals surface area contributed by atoms with E-state index in [-0.39, 0.29) is 6.04 Å². The van der Waals surface area contributed by atoms with Gasteiger partial charge >= 0.3 is 0 Å². The van der Waals surface area contributed by atoms with E-state index in [1.165, 1.54) is 6.33 Å². The Kier molecular flexibility index (Phi) is 6.05. The Labute approximate surface area is 186 Å². The summed E-state index contributed by atoms with van der Waals surface area (Å²) in [4.78, 5) is 8.61. The number of nitrogens with one attached hydrogen (secondary N) is 1. The van der Waals surface area contributed by atoms with Crippen LogP contribution in [0.2, 0.25) is 5.02 Å². The Morgan fingerprint density at radius 1 is 0.871 bits per heavy atom. The van der Waals surface area contributed by atoms with Crippen molar-refractivity contribution in [2.75, 3.05) is 11.1 Å². The third-order valence-corrected chi connectivity index (χ3v) is 5.61. The number of ether oxygens (including phenoxy) is 1. The largest absolute Gasteiger partial charge is 0.437 e. The van der Waals surface area contributed by atoms with Crippen LogP contribution in [-0.2, 0) is 0 Å². The maximum absolute atomic E-state index is 6.40. The molecule has 0 fully saturated rings. The van der Waals surface area contributed by atoms with Gasteiger partial charge in [-0.25, -0.2) is 4.98 Å². The van der Waals surface area contributed by atoms with Crippen molar-refractivity contribution in [1.29, 1.82) is 0 Å². The number of hydrogen-bond donors (Lipinski definition) is 2. The molecule has 0 saturated heterocycles. The summed E-state index contributed by atoms with van der Waals surface area (Å²) in [5.74, 6) is 1.42. The second kappa shape index (κ2) is 9.06. The number of hydrogen-bond acceptors (Lipinski definition) is 5. The Morgan fingerprint density at radius 3 is 1.97 bits per heavy atom. The summed E-state index contributed by atoms with van der Waals surface area (Å²) in [5, 5.41) is 4.18. The Morgan fingerprint density at radius 2 is 1.42 bits per heavy atom. The van der Waals surface area contributed by atoms with E-state index in [9.17, 15) is 0 Å². The quantitative estimate of drug-likeness (QED) is 0.374.